The molecule has 1 fully saturated rings. The maximum absolute atomic E-state index is 13.4. The average molecular weight is 469 g/mol. The number of benzene rings is 3. The molecule has 1 saturated heterocycles. The van der Waals surface area contributed by atoms with Crippen LogP contribution < -0.4 is 14.4 Å². The monoisotopic (exact) mass is 468 g/mol. The quantitative estimate of drug-likeness (QED) is 0.567. The van der Waals surface area contributed by atoms with Crippen LogP contribution in [0.2, 0.25) is 0 Å². The van der Waals surface area contributed by atoms with E-state index in [4.69, 9.17) is 14.5 Å². The number of ether oxygens (including phenoxy) is 2. The summed E-state index contributed by atoms with van der Waals surface area (Å²) < 4.78 is 10.9. The first-order chi connectivity index (χ1) is 17.1. The second-order valence-corrected chi connectivity index (χ2v) is 9.27. The van der Waals surface area contributed by atoms with Gasteiger partial charge in [0.05, 0.1) is 18.0 Å². The summed E-state index contributed by atoms with van der Waals surface area (Å²) >= 11 is 0. The van der Waals surface area contributed by atoms with Crippen molar-refractivity contribution in [2.45, 2.75) is 13.5 Å². The minimum absolute atomic E-state index is 0.0328. The molecule has 1 amide bonds. The van der Waals surface area contributed by atoms with Crippen LogP contribution >= 0.6 is 0 Å². The van der Waals surface area contributed by atoms with Crippen molar-refractivity contribution in [2.75, 3.05) is 44.5 Å². The Kier molecular flexibility index (Phi) is 5.72. The van der Waals surface area contributed by atoms with Crippen LogP contribution in [0, 0.1) is 6.92 Å². The number of anilines is 1. The number of hydrogen-bond donors (Lipinski definition) is 0. The van der Waals surface area contributed by atoms with Crippen LogP contribution in [0.1, 0.15) is 16.7 Å². The molecule has 7 heteroatoms. The molecule has 0 saturated carbocycles. The number of piperazine rings is 1. The molecule has 7 nitrogen and oxygen atoms in total. The lowest BCUT2D eigenvalue weighted by atomic mass is 10.1. The molecule has 0 aromatic heterocycles. The summed E-state index contributed by atoms with van der Waals surface area (Å²) in [6.07, 6.45) is 0. The van der Waals surface area contributed by atoms with Gasteiger partial charge in [0.15, 0.2) is 11.5 Å². The van der Waals surface area contributed by atoms with Crippen LogP contribution in [0.3, 0.4) is 0 Å². The van der Waals surface area contributed by atoms with Crippen molar-refractivity contribution in [1.29, 1.82) is 0 Å². The molecular weight excluding hydrogens is 440 g/mol. The fourth-order valence-corrected chi connectivity index (χ4v) is 4.84. The number of fused-ring (bicyclic) bond motifs is 2. The summed E-state index contributed by atoms with van der Waals surface area (Å²) in [7, 11) is 0. The first-order valence-corrected chi connectivity index (χ1v) is 12.0. The predicted molar refractivity (Wildman–Crippen MR) is 136 cm³/mol. The maximum Gasteiger partial charge on any atom is 0.278 e. The maximum atomic E-state index is 13.4. The third kappa shape index (κ3) is 4.40. The van der Waals surface area contributed by atoms with Crippen LogP contribution in [0.5, 0.6) is 11.5 Å². The van der Waals surface area contributed by atoms with Crippen LogP contribution in [0.4, 0.5) is 11.4 Å². The predicted octanol–water partition coefficient (Wildman–Crippen LogP) is 3.97. The van der Waals surface area contributed by atoms with Crippen molar-refractivity contribution in [2.24, 2.45) is 4.99 Å². The van der Waals surface area contributed by atoms with Crippen LogP contribution in [-0.4, -0.2) is 61.1 Å². The van der Waals surface area contributed by atoms with E-state index < -0.39 is 0 Å². The summed E-state index contributed by atoms with van der Waals surface area (Å²) in [5.41, 5.74) is 5.55. The highest BCUT2D eigenvalue weighted by molar-refractivity contribution is 6.54. The van der Waals surface area contributed by atoms with Crippen molar-refractivity contribution < 1.29 is 14.3 Å². The number of aryl methyl sites for hydroxylation is 1. The summed E-state index contributed by atoms with van der Waals surface area (Å²) in [5.74, 6) is 1.62. The third-order valence-corrected chi connectivity index (χ3v) is 6.82. The molecule has 3 aliphatic rings. The molecule has 3 heterocycles. The Bertz CT molecular complexity index is 1280. The van der Waals surface area contributed by atoms with Gasteiger partial charge in [-0.05, 0) is 42.8 Å². The Morgan fingerprint density at radius 2 is 1.60 bits per heavy atom. The van der Waals surface area contributed by atoms with Crippen molar-refractivity contribution in [3.63, 3.8) is 0 Å². The molecule has 0 N–H and O–H groups in total. The van der Waals surface area contributed by atoms with Crippen molar-refractivity contribution in [3.8, 4) is 11.5 Å². The molecule has 3 aliphatic heterocycles. The molecule has 0 radical (unpaired) electrons. The number of nitrogens with zero attached hydrogens (tertiary/aromatic N) is 4. The van der Waals surface area contributed by atoms with E-state index >= 15 is 0 Å². The molecule has 35 heavy (non-hydrogen) atoms. The molecule has 6 rings (SSSR count). The average Bonchev–Trinajstić information content (AvgIpc) is 3.45. The van der Waals surface area contributed by atoms with E-state index in [2.05, 4.69) is 21.9 Å². The number of carbonyl (C=O) groups excluding carboxylic acids is 1. The molecule has 0 aliphatic carbocycles. The highest BCUT2D eigenvalue weighted by Gasteiger charge is 2.35. The van der Waals surface area contributed by atoms with Crippen LogP contribution in [-0.2, 0) is 11.3 Å². The molecule has 0 unspecified atom stereocenters. The van der Waals surface area contributed by atoms with Gasteiger partial charge in [-0.3, -0.25) is 19.5 Å². The van der Waals surface area contributed by atoms with Gasteiger partial charge in [-0.15, -0.1) is 0 Å². The molecular formula is C28H28N4O3. The normalized spacial score (nSPS) is 18.9. The second kappa shape index (κ2) is 9.17. The van der Waals surface area contributed by atoms with Crippen molar-refractivity contribution >= 4 is 23.0 Å². The second-order valence-electron chi connectivity index (χ2n) is 9.27. The summed E-state index contributed by atoms with van der Waals surface area (Å²) in [6.45, 7) is 7.49. The molecule has 3 aromatic rings. The Labute approximate surface area is 205 Å². The zero-order valence-corrected chi connectivity index (χ0v) is 19.8. The smallest absolute Gasteiger partial charge is 0.278 e. The van der Waals surface area contributed by atoms with Crippen molar-refractivity contribution in [1.82, 2.24) is 9.80 Å². The number of para-hydroxylation sites is 1. The minimum Gasteiger partial charge on any atom is -0.454 e. The van der Waals surface area contributed by atoms with E-state index in [1.54, 1.807) is 0 Å². The Morgan fingerprint density at radius 3 is 2.43 bits per heavy atom. The zero-order valence-electron chi connectivity index (χ0n) is 19.8. The van der Waals surface area contributed by atoms with E-state index in [0.717, 1.165) is 61.2 Å². The minimum atomic E-state index is -0.0328. The molecule has 3 aromatic carbocycles. The molecule has 178 valence electrons. The lowest BCUT2D eigenvalue weighted by Crippen LogP contribution is -2.50. The van der Waals surface area contributed by atoms with Gasteiger partial charge in [0.1, 0.15) is 5.71 Å². The van der Waals surface area contributed by atoms with Gasteiger partial charge < -0.3 is 9.47 Å². The molecule has 0 atom stereocenters. The SMILES string of the molecule is Cc1ccc(N=C2C(=O)N(CN3CCN(Cc4ccc5c(c4)OCO5)CC3)c3ccccc32)cc1. The number of hydrogen-bond acceptors (Lipinski definition) is 6. The molecule has 0 bridgehead atoms. The topological polar surface area (TPSA) is 57.6 Å². The highest BCUT2D eigenvalue weighted by atomic mass is 16.7. The van der Waals surface area contributed by atoms with Gasteiger partial charge in [-0.25, -0.2) is 4.99 Å². The van der Waals surface area contributed by atoms with E-state index in [9.17, 15) is 4.79 Å². The number of amides is 1. The lowest BCUT2D eigenvalue weighted by Gasteiger charge is -2.36. The summed E-state index contributed by atoms with van der Waals surface area (Å²) in [6, 6.07) is 22.1. The first-order valence-electron chi connectivity index (χ1n) is 12.0. The van der Waals surface area contributed by atoms with E-state index in [-0.39, 0.29) is 5.91 Å². The third-order valence-electron chi connectivity index (χ3n) is 6.82. The van der Waals surface area contributed by atoms with E-state index in [0.29, 0.717) is 19.2 Å². The number of rotatable bonds is 5. The summed E-state index contributed by atoms with van der Waals surface area (Å²) in [4.78, 5) is 24.8. The van der Waals surface area contributed by atoms with Crippen LogP contribution in [0.25, 0.3) is 0 Å². The van der Waals surface area contributed by atoms with Gasteiger partial charge in [0.2, 0.25) is 6.79 Å². The van der Waals surface area contributed by atoms with Gasteiger partial charge in [-0.1, -0.05) is 42.0 Å². The van der Waals surface area contributed by atoms with Gasteiger partial charge in [-0.2, -0.15) is 0 Å². The Balaban J connectivity index is 1.12. The summed E-state index contributed by atoms with van der Waals surface area (Å²) in [5, 5.41) is 0. The van der Waals surface area contributed by atoms with Gasteiger partial charge in [0, 0.05) is 38.3 Å². The number of carbonyl (C=O) groups is 1. The van der Waals surface area contributed by atoms with Gasteiger partial charge >= 0.3 is 0 Å². The fraction of sp³-hybridized carbons (Fsp3) is 0.286. The van der Waals surface area contributed by atoms with E-state index in [1.807, 2.05) is 66.4 Å². The van der Waals surface area contributed by atoms with E-state index in [1.165, 1.54) is 11.1 Å². The largest absolute Gasteiger partial charge is 0.454 e. The van der Waals surface area contributed by atoms with Gasteiger partial charge in [0.25, 0.3) is 5.91 Å². The zero-order chi connectivity index (χ0) is 23.8. The Morgan fingerprint density at radius 1 is 0.857 bits per heavy atom. The first kappa shape index (κ1) is 21.8. The Hall–Kier alpha value is -3.68. The lowest BCUT2D eigenvalue weighted by molar-refractivity contribution is -0.112. The fourth-order valence-electron chi connectivity index (χ4n) is 4.84. The highest BCUT2D eigenvalue weighted by Crippen LogP contribution is 2.33. The standard InChI is InChI=1S/C28H28N4O3/c1-20-6-9-22(10-7-20)29-27-23-4-2-3-5-24(23)32(28(27)33)18-31-14-12-30(13-15-31)17-21-8-11-25-26(16-21)35-19-34-25/h2-11,16H,12-15,17-19H2,1H3. The van der Waals surface area contributed by atoms with Crippen molar-refractivity contribution in [3.05, 3.63) is 83.4 Å². The molecule has 0 spiro atoms. The number of aliphatic imine (C=N–C) groups is 1. The van der Waals surface area contributed by atoms with Crippen LogP contribution in [0.15, 0.2) is 71.7 Å².